The third-order valence-electron chi connectivity index (χ3n) is 15.7. The van der Waals surface area contributed by atoms with Gasteiger partial charge < -0.3 is 28.5 Å². The van der Waals surface area contributed by atoms with Crippen LogP contribution in [0.5, 0.6) is 0 Å². The zero-order chi connectivity index (χ0) is 31.6. The smallest absolute Gasteiger partial charge is 0.339 e. The van der Waals surface area contributed by atoms with Crippen molar-refractivity contribution in [2.45, 2.75) is 127 Å². The summed E-state index contributed by atoms with van der Waals surface area (Å²) >= 11 is 0. The van der Waals surface area contributed by atoms with Gasteiger partial charge in [0.25, 0.3) is 0 Å². The quantitative estimate of drug-likeness (QED) is 0.350. The molecule has 3 spiro atoms. The summed E-state index contributed by atoms with van der Waals surface area (Å²) < 4.78 is 32.2. The number of esters is 2. The average molecular weight is 635 g/mol. The Kier molecular flexibility index (Phi) is 5.42. The van der Waals surface area contributed by atoms with E-state index >= 15 is 4.79 Å². The minimum Gasteiger partial charge on any atom is -0.472 e. The van der Waals surface area contributed by atoms with E-state index in [-0.39, 0.29) is 41.5 Å². The van der Waals surface area contributed by atoms with Crippen molar-refractivity contribution in [3.63, 3.8) is 0 Å². The van der Waals surface area contributed by atoms with Gasteiger partial charge in [-0.25, -0.2) is 4.79 Å². The predicted octanol–water partition coefficient (Wildman–Crippen LogP) is 5.08. The number of Topliss-reactive ketones (excluding diaryl/α,β-unsaturated/α-hetero) is 1. The summed E-state index contributed by atoms with van der Waals surface area (Å²) in [7, 11) is 0. The van der Waals surface area contributed by atoms with E-state index in [1.807, 2.05) is 19.9 Å². The molecule has 0 radical (unpaired) electrons. The molecular weight excluding hydrogens is 588 g/mol. The summed E-state index contributed by atoms with van der Waals surface area (Å²) in [5.41, 5.74) is -4.16. The van der Waals surface area contributed by atoms with Gasteiger partial charge >= 0.3 is 11.9 Å². The van der Waals surface area contributed by atoms with Crippen LogP contribution in [0, 0.1) is 51.2 Å². The van der Waals surface area contributed by atoms with Gasteiger partial charge in [-0.05, 0) is 81.6 Å². The molecule has 9 heteroatoms. The molecule has 1 N–H and O–H groups in total. The van der Waals surface area contributed by atoms with Crippen molar-refractivity contribution >= 4 is 17.7 Å². The second-order valence-corrected chi connectivity index (χ2v) is 17.6. The van der Waals surface area contributed by atoms with Crippen molar-refractivity contribution in [3.05, 3.63) is 24.2 Å². The lowest BCUT2D eigenvalue weighted by molar-refractivity contribution is -0.289. The molecule has 5 saturated carbocycles. The van der Waals surface area contributed by atoms with Crippen molar-refractivity contribution < 1.29 is 42.9 Å². The van der Waals surface area contributed by atoms with Crippen molar-refractivity contribution in [2.75, 3.05) is 6.61 Å². The molecule has 0 aromatic carbocycles. The van der Waals surface area contributed by atoms with E-state index in [0.717, 1.165) is 69.8 Å². The highest BCUT2D eigenvalue weighted by molar-refractivity contribution is 5.92. The number of cyclic esters (lactones) is 2. The third kappa shape index (κ3) is 2.86. The number of aliphatic hydroxyl groups excluding tert-OH is 1. The Morgan fingerprint density at radius 3 is 2.37 bits per heavy atom. The number of rotatable bonds is 2. The van der Waals surface area contributed by atoms with Gasteiger partial charge in [-0.15, -0.1) is 0 Å². The standard InChI is InChI=1S/C37H46O9/c1-32(2)25-23(38)26(39)36(21-9-5-4-6-10-21)24-20(15-33(3)27(19-11-14-42-17-19)44-31(41)29-37(33,36)46-29)16-34(12-7-8-13-34)22-28(45-32)35(24,25)18-43-30(22)40/h11,14,17,20-22,24-29,39H,4-10,12-13,15-16,18H2,1-3H3. The zero-order valence-electron chi connectivity index (χ0n) is 27.1. The summed E-state index contributed by atoms with van der Waals surface area (Å²) in [5.74, 6) is -2.16. The largest absolute Gasteiger partial charge is 0.472 e. The Morgan fingerprint density at radius 2 is 1.65 bits per heavy atom. The number of carbonyl (C=O) groups is 3. The molecule has 4 aliphatic heterocycles. The average Bonchev–Trinajstić information content (AvgIpc) is 3.30. The van der Waals surface area contributed by atoms with Crippen LogP contribution < -0.4 is 0 Å². The molecule has 5 aliphatic carbocycles. The number of ether oxygens (including phenoxy) is 4. The highest BCUT2D eigenvalue weighted by Crippen LogP contribution is 2.85. The fourth-order valence-electron chi connectivity index (χ4n) is 14.9. The first-order valence-corrected chi connectivity index (χ1v) is 18.0. The minimum absolute atomic E-state index is 0.0384. The molecule has 0 amide bonds. The number of epoxide rings is 1. The lowest BCUT2D eigenvalue weighted by Crippen LogP contribution is -2.80. The number of aliphatic hydroxyl groups is 1. The first-order chi connectivity index (χ1) is 22.0. The molecule has 2 bridgehead atoms. The Morgan fingerprint density at radius 1 is 0.891 bits per heavy atom. The monoisotopic (exact) mass is 634 g/mol. The highest BCUT2D eigenvalue weighted by atomic mass is 16.7. The number of fused-ring (bicyclic) bond motifs is 1. The fraction of sp³-hybridized carbons (Fsp3) is 0.811. The summed E-state index contributed by atoms with van der Waals surface area (Å²) in [6, 6.07) is 1.87. The maximum atomic E-state index is 15.3. The highest BCUT2D eigenvalue weighted by Gasteiger charge is 2.95. The number of furan rings is 1. The fourth-order valence-corrected chi connectivity index (χ4v) is 14.9. The maximum Gasteiger partial charge on any atom is 0.339 e. The van der Waals surface area contributed by atoms with Crippen molar-refractivity contribution in [1.29, 1.82) is 0 Å². The van der Waals surface area contributed by atoms with Gasteiger partial charge in [0, 0.05) is 21.8 Å². The molecule has 9 fully saturated rings. The SMILES string of the molecule is CC1(C)OC2C3C(=O)OCC24C1C(=O)C(O)C1(C2CCCCC2)C4C(CC32CCCC2)CC2(C)C(c3ccoc3)OC(=O)C3OC321. The van der Waals surface area contributed by atoms with Crippen molar-refractivity contribution in [1.82, 2.24) is 0 Å². The van der Waals surface area contributed by atoms with E-state index in [4.69, 9.17) is 23.4 Å². The van der Waals surface area contributed by atoms with Gasteiger partial charge in [0.05, 0.1) is 36.1 Å². The lowest BCUT2D eigenvalue weighted by atomic mass is 9.31. The molecule has 12 atom stereocenters. The molecule has 9 nitrogen and oxygen atoms in total. The molecule has 1 aromatic heterocycles. The van der Waals surface area contributed by atoms with Gasteiger partial charge in [0.2, 0.25) is 0 Å². The second-order valence-electron chi connectivity index (χ2n) is 17.6. The van der Waals surface area contributed by atoms with Gasteiger partial charge in [0.1, 0.15) is 24.4 Å². The van der Waals surface area contributed by atoms with Crippen LogP contribution in [0.25, 0.3) is 0 Å². The van der Waals surface area contributed by atoms with Gasteiger partial charge in [-0.3, -0.25) is 9.59 Å². The summed E-state index contributed by atoms with van der Waals surface area (Å²) in [6.45, 7) is 6.25. The van der Waals surface area contributed by atoms with Gasteiger partial charge in [-0.1, -0.05) is 39.0 Å². The molecular formula is C37H46O9. The predicted molar refractivity (Wildman–Crippen MR) is 160 cm³/mol. The number of carbonyl (C=O) groups excluding carboxylic acids is 3. The van der Waals surface area contributed by atoms with Crippen LogP contribution in [0.3, 0.4) is 0 Å². The number of hydrogen-bond donors (Lipinski definition) is 1. The summed E-state index contributed by atoms with van der Waals surface area (Å²) in [6.07, 6.45) is 10.2. The molecule has 46 heavy (non-hydrogen) atoms. The van der Waals surface area contributed by atoms with E-state index < -0.39 is 69.7 Å². The summed E-state index contributed by atoms with van der Waals surface area (Å²) in [5, 5.41) is 13.1. The first-order valence-electron chi connectivity index (χ1n) is 18.0. The second kappa shape index (κ2) is 8.67. The zero-order valence-corrected chi connectivity index (χ0v) is 27.1. The van der Waals surface area contributed by atoms with Crippen molar-refractivity contribution in [2.24, 2.45) is 51.2 Å². The Bertz CT molecular complexity index is 1520. The van der Waals surface area contributed by atoms with Crippen LogP contribution in [0.2, 0.25) is 0 Å². The maximum absolute atomic E-state index is 15.3. The Labute approximate surface area is 269 Å². The minimum atomic E-state index is -1.34. The van der Waals surface area contributed by atoms with E-state index in [1.165, 1.54) is 0 Å². The van der Waals surface area contributed by atoms with Gasteiger partial charge in [0.15, 0.2) is 11.9 Å². The van der Waals surface area contributed by atoms with E-state index in [2.05, 4.69) is 6.92 Å². The van der Waals surface area contributed by atoms with Crippen LogP contribution in [0.15, 0.2) is 23.0 Å². The number of hydrogen-bond acceptors (Lipinski definition) is 9. The normalized spacial score (nSPS) is 52.7. The van der Waals surface area contributed by atoms with E-state index in [0.29, 0.717) is 6.42 Å². The molecule has 10 rings (SSSR count). The lowest BCUT2D eigenvalue weighted by Gasteiger charge is -2.71. The van der Waals surface area contributed by atoms with Crippen LogP contribution >= 0.6 is 0 Å². The van der Waals surface area contributed by atoms with Crippen LogP contribution in [-0.2, 0) is 33.3 Å². The molecule has 5 heterocycles. The van der Waals surface area contributed by atoms with Gasteiger partial charge in [-0.2, -0.15) is 0 Å². The van der Waals surface area contributed by atoms with Crippen molar-refractivity contribution in [3.8, 4) is 0 Å². The summed E-state index contributed by atoms with van der Waals surface area (Å²) in [4.78, 5) is 43.4. The number of ketones is 1. The molecule has 248 valence electrons. The Balaban J connectivity index is 1.31. The first kappa shape index (κ1) is 28.8. The molecule has 1 aromatic rings. The molecule has 12 unspecified atom stereocenters. The topological polar surface area (TPSA) is 125 Å². The third-order valence-corrected chi connectivity index (χ3v) is 15.7. The Hall–Kier alpha value is -2.23. The molecule has 9 aliphatic rings. The van der Waals surface area contributed by atoms with Crippen LogP contribution in [-0.4, -0.2) is 58.9 Å². The van der Waals surface area contributed by atoms with Crippen LogP contribution in [0.1, 0.15) is 103 Å². The van der Waals surface area contributed by atoms with E-state index in [9.17, 15) is 14.7 Å². The van der Waals surface area contributed by atoms with E-state index in [1.54, 1.807) is 12.5 Å². The van der Waals surface area contributed by atoms with Crippen LogP contribution in [0.4, 0.5) is 0 Å². The molecule has 4 saturated heterocycles.